The van der Waals surface area contributed by atoms with Gasteiger partial charge in [-0.3, -0.25) is 4.79 Å². The zero-order valence-corrected chi connectivity index (χ0v) is 16.5. The molecule has 3 rings (SSSR count). The highest BCUT2D eigenvalue weighted by molar-refractivity contribution is 7.99. The number of piperidine rings is 1. The average Bonchev–Trinajstić information content (AvgIpc) is 2.63. The number of aromatic nitrogens is 2. The van der Waals surface area contributed by atoms with Crippen LogP contribution in [0.2, 0.25) is 0 Å². The van der Waals surface area contributed by atoms with Crippen molar-refractivity contribution in [3.8, 4) is 0 Å². The highest BCUT2D eigenvalue weighted by atomic mass is 32.2. The van der Waals surface area contributed by atoms with Gasteiger partial charge in [-0.1, -0.05) is 30.8 Å². The van der Waals surface area contributed by atoms with Crippen LogP contribution in [0.4, 0.5) is 11.5 Å². The molecule has 1 aromatic carbocycles. The molecule has 26 heavy (non-hydrogen) atoms. The molecule has 0 bridgehead atoms. The molecule has 1 aliphatic heterocycles. The highest BCUT2D eigenvalue weighted by Gasteiger charge is 2.18. The first kappa shape index (κ1) is 18.7. The van der Waals surface area contributed by atoms with Crippen LogP contribution in [-0.2, 0) is 4.79 Å². The van der Waals surface area contributed by atoms with E-state index >= 15 is 0 Å². The topological polar surface area (TPSA) is 58.1 Å². The number of amides is 1. The number of nitrogens with one attached hydrogen (secondary N) is 1. The second-order valence-corrected chi connectivity index (χ2v) is 8.06. The SMILES string of the molecule is Cc1ccc(C)c(NC(=O)CSc2cc(N3CCC[C@H](C)C3)ncn2)c1. The van der Waals surface area contributed by atoms with Gasteiger partial charge in [0.1, 0.15) is 17.2 Å². The Morgan fingerprint density at radius 1 is 1.31 bits per heavy atom. The minimum absolute atomic E-state index is 0.0181. The summed E-state index contributed by atoms with van der Waals surface area (Å²) in [5.74, 6) is 1.97. The van der Waals surface area contributed by atoms with E-state index in [1.165, 1.54) is 24.6 Å². The lowest BCUT2D eigenvalue weighted by Gasteiger charge is -2.31. The van der Waals surface area contributed by atoms with E-state index in [0.29, 0.717) is 11.7 Å². The molecule has 0 unspecified atom stereocenters. The Morgan fingerprint density at radius 3 is 2.96 bits per heavy atom. The lowest BCUT2D eigenvalue weighted by molar-refractivity contribution is -0.113. The van der Waals surface area contributed by atoms with Gasteiger partial charge >= 0.3 is 0 Å². The molecule has 2 aromatic rings. The first-order valence-corrected chi connectivity index (χ1v) is 10.1. The van der Waals surface area contributed by atoms with Gasteiger partial charge in [-0.2, -0.15) is 0 Å². The van der Waals surface area contributed by atoms with Crippen LogP contribution >= 0.6 is 11.8 Å². The molecular formula is C20H26N4OS. The smallest absolute Gasteiger partial charge is 0.234 e. The number of carbonyl (C=O) groups is 1. The molecule has 138 valence electrons. The Kier molecular flexibility index (Phi) is 6.14. The number of hydrogen-bond acceptors (Lipinski definition) is 5. The van der Waals surface area contributed by atoms with Crippen LogP contribution in [0.3, 0.4) is 0 Å². The molecule has 1 saturated heterocycles. The second-order valence-electron chi connectivity index (χ2n) is 7.06. The summed E-state index contributed by atoms with van der Waals surface area (Å²) in [5.41, 5.74) is 3.08. The van der Waals surface area contributed by atoms with E-state index < -0.39 is 0 Å². The molecule has 1 aliphatic rings. The van der Waals surface area contributed by atoms with Gasteiger partial charge in [0, 0.05) is 24.8 Å². The van der Waals surface area contributed by atoms with Crippen molar-refractivity contribution in [3.63, 3.8) is 0 Å². The maximum atomic E-state index is 12.3. The molecule has 0 aliphatic carbocycles. The number of anilines is 2. The van der Waals surface area contributed by atoms with E-state index in [2.05, 4.69) is 27.1 Å². The van der Waals surface area contributed by atoms with E-state index in [1.807, 2.05) is 38.1 Å². The van der Waals surface area contributed by atoms with Crippen molar-refractivity contribution in [2.24, 2.45) is 5.92 Å². The molecule has 1 atom stereocenters. The number of hydrogen-bond donors (Lipinski definition) is 1. The summed E-state index contributed by atoms with van der Waals surface area (Å²) < 4.78 is 0. The summed E-state index contributed by atoms with van der Waals surface area (Å²) in [6.45, 7) is 8.37. The van der Waals surface area contributed by atoms with Crippen LogP contribution in [0.25, 0.3) is 0 Å². The molecule has 0 radical (unpaired) electrons. The van der Waals surface area contributed by atoms with Crippen molar-refractivity contribution >= 4 is 29.2 Å². The average molecular weight is 371 g/mol. The third-order valence-corrected chi connectivity index (χ3v) is 5.55. The lowest BCUT2D eigenvalue weighted by Crippen LogP contribution is -2.34. The highest BCUT2D eigenvalue weighted by Crippen LogP contribution is 2.24. The molecule has 1 aromatic heterocycles. The standard InChI is InChI=1S/C20H26N4OS/c1-14-6-7-16(3)17(9-14)23-19(25)12-26-20-10-18(21-13-22-20)24-8-4-5-15(2)11-24/h6-7,9-10,13,15H,4-5,8,11-12H2,1-3H3,(H,23,25)/t15-/m0/s1. The predicted molar refractivity (Wildman–Crippen MR) is 108 cm³/mol. The maximum absolute atomic E-state index is 12.3. The molecule has 1 fully saturated rings. The van der Waals surface area contributed by atoms with Gasteiger partial charge in [0.25, 0.3) is 0 Å². The van der Waals surface area contributed by atoms with E-state index in [0.717, 1.165) is 40.7 Å². The zero-order chi connectivity index (χ0) is 18.5. The van der Waals surface area contributed by atoms with Crippen molar-refractivity contribution in [1.29, 1.82) is 0 Å². The van der Waals surface area contributed by atoms with Gasteiger partial charge in [-0.05, 0) is 49.8 Å². The van der Waals surface area contributed by atoms with Gasteiger partial charge in [-0.25, -0.2) is 9.97 Å². The van der Waals surface area contributed by atoms with E-state index in [9.17, 15) is 4.79 Å². The van der Waals surface area contributed by atoms with Crippen LogP contribution in [0, 0.1) is 19.8 Å². The van der Waals surface area contributed by atoms with Crippen LogP contribution in [-0.4, -0.2) is 34.7 Å². The van der Waals surface area contributed by atoms with E-state index in [-0.39, 0.29) is 5.91 Å². The van der Waals surface area contributed by atoms with Gasteiger partial charge in [0.2, 0.25) is 5.91 Å². The Hall–Kier alpha value is -2.08. The number of benzene rings is 1. The summed E-state index contributed by atoms with van der Waals surface area (Å²) in [6, 6.07) is 8.06. The third-order valence-electron chi connectivity index (χ3n) is 4.63. The maximum Gasteiger partial charge on any atom is 0.234 e. The Morgan fingerprint density at radius 2 is 2.15 bits per heavy atom. The number of thioether (sulfide) groups is 1. The molecule has 1 amide bonds. The predicted octanol–water partition coefficient (Wildman–Crippen LogP) is 4.06. The number of rotatable bonds is 5. The zero-order valence-electron chi connectivity index (χ0n) is 15.7. The van der Waals surface area contributed by atoms with E-state index in [1.54, 1.807) is 6.33 Å². The Bertz CT molecular complexity index is 780. The minimum Gasteiger partial charge on any atom is -0.356 e. The van der Waals surface area contributed by atoms with Crippen LogP contribution in [0.1, 0.15) is 30.9 Å². The van der Waals surface area contributed by atoms with Crippen LogP contribution < -0.4 is 10.2 Å². The fraction of sp³-hybridized carbons (Fsp3) is 0.450. The lowest BCUT2D eigenvalue weighted by atomic mass is 10.0. The Balaban J connectivity index is 1.58. The second kappa shape index (κ2) is 8.54. The quantitative estimate of drug-likeness (QED) is 0.635. The number of nitrogens with zero attached hydrogens (tertiary/aromatic N) is 3. The first-order valence-electron chi connectivity index (χ1n) is 9.08. The molecule has 2 heterocycles. The molecule has 5 nitrogen and oxygen atoms in total. The summed E-state index contributed by atoms with van der Waals surface area (Å²) in [5, 5.41) is 3.83. The first-order chi connectivity index (χ1) is 12.5. The summed E-state index contributed by atoms with van der Waals surface area (Å²) in [6.07, 6.45) is 4.08. The molecule has 6 heteroatoms. The monoisotopic (exact) mass is 370 g/mol. The normalized spacial score (nSPS) is 17.2. The molecule has 0 spiro atoms. The van der Waals surface area contributed by atoms with E-state index in [4.69, 9.17) is 0 Å². The molecular weight excluding hydrogens is 344 g/mol. The van der Waals surface area contributed by atoms with Crippen molar-refractivity contribution < 1.29 is 4.79 Å². The van der Waals surface area contributed by atoms with Crippen molar-refractivity contribution in [2.75, 3.05) is 29.1 Å². The van der Waals surface area contributed by atoms with Crippen LogP contribution in [0.15, 0.2) is 35.6 Å². The van der Waals surface area contributed by atoms with Gasteiger partial charge in [-0.15, -0.1) is 0 Å². The number of aryl methyl sites for hydroxylation is 2. The van der Waals surface area contributed by atoms with Crippen molar-refractivity contribution in [3.05, 3.63) is 41.7 Å². The summed E-state index contributed by atoms with van der Waals surface area (Å²) >= 11 is 1.45. The van der Waals surface area contributed by atoms with Crippen molar-refractivity contribution in [2.45, 2.75) is 38.6 Å². The molecule has 1 N–H and O–H groups in total. The van der Waals surface area contributed by atoms with Gasteiger partial charge < -0.3 is 10.2 Å². The Labute approximate surface area is 159 Å². The third kappa shape index (κ3) is 4.97. The number of carbonyl (C=O) groups excluding carboxylic acids is 1. The summed E-state index contributed by atoms with van der Waals surface area (Å²) in [7, 11) is 0. The fourth-order valence-corrected chi connectivity index (χ4v) is 3.84. The van der Waals surface area contributed by atoms with Crippen molar-refractivity contribution in [1.82, 2.24) is 9.97 Å². The molecule has 0 saturated carbocycles. The van der Waals surface area contributed by atoms with Crippen LogP contribution in [0.5, 0.6) is 0 Å². The van der Waals surface area contributed by atoms with Gasteiger partial charge in [0.05, 0.1) is 5.75 Å². The van der Waals surface area contributed by atoms with Gasteiger partial charge in [0.15, 0.2) is 0 Å². The fourth-order valence-electron chi connectivity index (χ4n) is 3.18. The minimum atomic E-state index is -0.0181. The largest absolute Gasteiger partial charge is 0.356 e. The summed E-state index contributed by atoms with van der Waals surface area (Å²) in [4.78, 5) is 23.3.